The lowest BCUT2D eigenvalue weighted by molar-refractivity contribution is -0.0689. The molecule has 1 saturated carbocycles. The summed E-state index contributed by atoms with van der Waals surface area (Å²) >= 11 is 3.30. The predicted octanol–water partition coefficient (Wildman–Crippen LogP) is 1.92. The molecule has 2 atom stereocenters. The molecule has 1 fully saturated rings. The topological polar surface area (TPSA) is 75.3 Å². The molecule has 1 aliphatic carbocycles. The van der Waals surface area contributed by atoms with E-state index in [9.17, 15) is 9.90 Å². The summed E-state index contributed by atoms with van der Waals surface area (Å²) in [5.41, 5.74) is 6.58. The largest absolute Gasteiger partial charge is 0.398 e. The second-order valence-electron chi connectivity index (χ2n) is 5.34. The van der Waals surface area contributed by atoms with Gasteiger partial charge in [0.1, 0.15) is 0 Å². The van der Waals surface area contributed by atoms with Crippen LogP contribution in [0.4, 0.5) is 5.69 Å². The molecule has 0 bridgehead atoms. The van der Waals surface area contributed by atoms with Crippen molar-refractivity contribution in [1.82, 2.24) is 5.32 Å². The molecule has 1 aromatic rings. The number of hydrogen-bond acceptors (Lipinski definition) is 3. The molecule has 0 radical (unpaired) electrons. The molecule has 4 nitrogen and oxygen atoms in total. The van der Waals surface area contributed by atoms with E-state index in [2.05, 4.69) is 21.2 Å². The van der Waals surface area contributed by atoms with Crippen molar-refractivity contribution in [3.8, 4) is 0 Å². The average Bonchev–Trinajstić information content (AvgIpc) is 2.32. The first-order valence-electron chi connectivity index (χ1n) is 5.86. The molecule has 2 rings (SSSR count). The summed E-state index contributed by atoms with van der Waals surface area (Å²) < 4.78 is 0.711. The Bertz CT molecular complexity index is 488. The summed E-state index contributed by atoms with van der Waals surface area (Å²) in [6.07, 6.45) is 0.260. The number of halogens is 1. The predicted molar refractivity (Wildman–Crippen MR) is 74.2 cm³/mol. The third-order valence-electron chi connectivity index (χ3n) is 3.78. The molecule has 18 heavy (non-hydrogen) atoms. The summed E-state index contributed by atoms with van der Waals surface area (Å²) in [4.78, 5) is 12.1. The van der Waals surface area contributed by atoms with E-state index < -0.39 is 0 Å². The summed E-state index contributed by atoms with van der Waals surface area (Å²) in [6, 6.07) is 5.10. The summed E-state index contributed by atoms with van der Waals surface area (Å²) in [6.45, 7) is 3.90. The van der Waals surface area contributed by atoms with E-state index >= 15 is 0 Å². The van der Waals surface area contributed by atoms with Crippen LogP contribution in [-0.4, -0.2) is 23.2 Å². The van der Waals surface area contributed by atoms with E-state index in [0.717, 1.165) is 0 Å². The fraction of sp³-hybridized carbons (Fsp3) is 0.462. The van der Waals surface area contributed by atoms with Gasteiger partial charge in [-0.2, -0.15) is 0 Å². The molecule has 0 spiro atoms. The van der Waals surface area contributed by atoms with Gasteiger partial charge in [0, 0.05) is 27.2 Å². The quantitative estimate of drug-likeness (QED) is 0.730. The number of nitrogens with one attached hydrogen (secondary N) is 1. The van der Waals surface area contributed by atoms with Crippen LogP contribution in [0.25, 0.3) is 0 Å². The smallest absolute Gasteiger partial charge is 0.251 e. The molecule has 5 heteroatoms. The lowest BCUT2D eigenvalue weighted by Crippen LogP contribution is -2.61. The number of carbonyl (C=O) groups excluding carboxylic acids is 1. The molecule has 0 aromatic heterocycles. The molecule has 0 saturated heterocycles. The zero-order chi connectivity index (χ0) is 13.5. The third kappa shape index (κ3) is 2.24. The Morgan fingerprint density at radius 3 is 2.72 bits per heavy atom. The highest BCUT2D eigenvalue weighted by Crippen LogP contribution is 2.40. The van der Waals surface area contributed by atoms with Crippen LogP contribution in [0.2, 0.25) is 0 Å². The van der Waals surface area contributed by atoms with Crippen LogP contribution < -0.4 is 11.1 Å². The third-order valence-corrected chi connectivity index (χ3v) is 4.47. The minimum atomic E-state index is -0.346. The minimum Gasteiger partial charge on any atom is -0.398 e. The highest BCUT2D eigenvalue weighted by molar-refractivity contribution is 9.10. The molecule has 1 aliphatic rings. The SMILES string of the molecule is CC1(C)C(O)CC1NC(=O)c1ccc(N)c(Br)c1. The second kappa shape index (κ2) is 4.55. The van der Waals surface area contributed by atoms with Gasteiger partial charge in [-0.15, -0.1) is 0 Å². The Balaban J connectivity index is 2.07. The van der Waals surface area contributed by atoms with E-state index in [-0.39, 0.29) is 23.5 Å². The van der Waals surface area contributed by atoms with Gasteiger partial charge in [-0.3, -0.25) is 4.79 Å². The Labute approximate surface area is 115 Å². The number of aliphatic hydroxyl groups excluding tert-OH is 1. The highest BCUT2D eigenvalue weighted by atomic mass is 79.9. The van der Waals surface area contributed by atoms with Crippen LogP contribution in [0.1, 0.15) is 30.6 Å². The van der Waals surface area contributed by atoms with Crippen LogP contribution in [0.5, 0.6) is 0 Å². The Morgan fingerprint density at radius 2 is 2.22 bits per heavy atom. The van der Waals surface area contributed by atoms with Crippen molar-refractivity contribution < 1.29 is 9.90 Å². The van der Waals surface area contributed by atoms with E-state index in [1.54, 1.807) is 18.2 Å². The van der Waals surface area contributed by atoms with E-state index in [0.29, 0.717) is 22.1 Å². The van der Waals surface area contributed by atoms with Crippen molar-refractivity contribution in [2.75, 3.05) is 5.73 Å². The Hall–Kier alpha value is -1.07. The van der Waals surface area contributed by atoms with Crippen molar-refractivity contribution in [3.05, 3.63) is 28.2 Å². The lowest BCUT2D eigenvalue weighted by Gasteiger charge is -2.49. The normalized spacial score (nSPS) is 25.3. The van der Waals surface area contributed by atoms with Gasteiger partial charge in [0.05, 0.1) is 6.10 Å². The number of aliphatic hydroxyl groups is 1. The average molecular weight is 313 g/mol. The van der Waals surface area contributed by atoms with Crippen LogP contribution in [0.15, 0.2) is 22.7 Å². The number of rotatable bonds is 2. The highest BCUT2D eigenvalue weighted by Gasteiger charge is 2.47. The number of nitrogens with two attached hydrogens (primary N) is 1. The monoisotopic (exact) mass is 312 g/mol. The molecule has 2 unspecified atom stereocenters. The molecule has 0 aliphatic heterocycles. The maximum Gasteiger partial charge on any atom is 0.251 e. The van der Waals surface area contributed by atoms with Crippen molar-refractivity contribution in [1.29, 1.82) is 0 Å². The first kappa shape index (κ1) is 13.4. The summed E-state index contributed by atoms with van der Waals surface area (Å²) in [5, 5.41) is 12.6. The molecule has 98 valence electrons. The fourth-order valence-corrected chi connectivity index (χ4v) is 2.44. The molecule has 0 heterocycles. The van der Waals surface area contributed by atoms with E-state index in [1.807, 2.05) is 13.8 Å². The van der Waals surface area contributed by atoms with Crippen LogP contribution in [-0.2, 0) is 0 Å². The van der Waals surface area contributed by atoms with Gasteiger partial charge in [-0.05, 0) is 40.5 Å². The van der Waals surface area contributed by atoms with Gasteiger partial charge >= 0.3 is 0 Å². The Kier molecular flexibility index (Phi) is 3.38. The lowest BCUT2D eigenvalue weighted by atomic mass is 9.64. The summed E-state index contributed by atoms with van der Waals surface area (Å²) in [5.74, 6) is -0.138. The maximum absolute atomic E-state index is 12.1. The van der Waals surface area contributed by atoms with E-state index in [4.69, 9.17) is 5.73 Å². The first-order chi connectivity index (χ1) is 8.32. The van der Waals surface area contributed by atoms with Gasteiger partial charge in [-0.1, -0.05) is 13.8 Å². The number of carbonyl (C=O) groups is 1. The van der Waals surface area contributed by atoms with Gasteiger partial charge in [-0.25, -0.2) is 0 Å². The van der Waals surface area contributed by atoms with Crippen molar-refractivity contribution >= 4 is 27.5 Å². The van der Waals surface area contributed by atoms with Gasteiger partial charge in [0.15, 0.2) is 0 Å². The van der Waals surface area contributed by atoms with Crippen molar-refractivity contribution in [3.63, 3.8) is 0 Å². The van der Waals surface area contributed by atoms with Crippen LogP contribution in [0, 0.1) is 5.41 Å². The zero-order valence-corrected chi connectivity index (χ0v) is 12.0. The van der Waals surface area contributed by atoms with Crippen LogP contribution in [0.3, 0.4) is 0 Å². The second-order valence-corrected chi connectivity index (χ2v) is 6.19. The fourth-order valence-electron chi connectivity index (χ4n) is 2.06. The number of amides is 1. The number of anilines is 1. The molecule has 4 N–H and O–H groups in total. The van der Waals surface area contributed by atoms with Crippen molar-refractivity contribution in [2.45, 2.75) is 32.4 Å². The molecular formula is C13H17BrN2O2. The standard InChI is InChI=1S/C13H17BrN2O2/c1-13(2)10(6-11(13)17)16-12(18)7-3-4-9(15)8(14)5-7/h3-5,10-11,17H,6,15H2,1-2H3,(H,16,18). The number of hydrogen-bond donors (Lipinski definition) is 3. The first-order valence-corrected chi connectivity index (χ1v) is 6.65. The van der Waals surface area contributed by atoms with Crippen molar-refractivity contribution in [2.24, 2.45) is 5.41 Å². The molecule has 1 amide bonds. The van der Waals surface area contributed by atoms with E-state index in [1.165, 1.54) is 0 Å². The Morgan fingerprint density at radius 1 is 1.56 bits per heavy atom. The zero-order valence-electron chi connectivity index (χ0n) is 10.4. The number of nitrogen functional groups attached to an aromatic ring is 1. The maximum atomic E-state index is 12.1. The van der Waals surface area contributed by atoms with Gasteiger partial charge in [0.25, 0.3) is 5.91 Å². The van der Waals surface area contributed by atoms with Gasteiger partial charge < -0.3 is 16.2 Å². The minimum absolute atomic E-state index is 0.0105. The molecule has 1 aromatic carbocycles. The number of benzene rings is 1. The molecular weight excluding hydrogens is 296 g/mol. The summed E-state index contributed by atoms with van der Waals surface area (Å²) in [7, 11) is 0. The van der Waals surface area contributed by atoms with Gasteiger partial charge in [0.2, 0.25) is 0 Å². The van der Waals surface area contributed by atoms with Crippen LogP contribution >= 0.6 is 15.9 Å².